The monoisotopic (exact) mass is 747 g/mol. The Balaban J connectivity index is 1.24. The minimum absolute atomic E-state index is 0.0484. The van der Waals surface area contributed by atoms with Gasteiger partial charge in [-0.1, -0.05) is 78.3 Å². The molecular formula is C44H50ClN5O4. The highest BCUT2D eigenvalue weighted by atomic mass is 35.5. The number of rotatable bonds is 13. The van der Waals surface area contributed by atoms with Gasteiger partial charge in [0.15, 0.2) is 0 Å². The quantitative estimate of drug-likeness (QED) is 0.147. The molecule has 1 atom stereocenters. The first-order valence-electron chi connectivity index (χ1n) is 18.9. The maximum atomic E-state index is 14.7. The predicted octanol–water partition coefficient (Wildman–Crippen LogP) is 6.40. The molecule has 9 nitrogen and oxygen atoms in total. The van der Waals surface area contributed by atoms with Crippen molar-refractivity contribution in [3.8, 4) is 5.75 Å². The van der Waals surface area contributed by atoms with E-state index >= 15 is 0 Å². The molecule has 3 amide bonds. The first-order chi connectivity index (χ1) is 26.2. The Morgan fingerprint density at radius 1 is 0.741 bits per heavy atom. The molecule has 54 heavy (non-hydrogen) atoms. The van der Waals surface area contributed by atoms with Crippen LogP contribution in [0.4, 0.5) is 5.69 Å². The summed E-state index contributed by atoms with van der Waals surface area (Å²) in [5, 5.41) is 0.715. The number of halogens is 1. The number of amides is 3. The van der Waals surface area contributed by atoms with Crippen LogP contribution in [0.5, 0.6) is 5.75 Å². The highest BCUT2D eigenvalue weighted by molar-refractivity contribution is 6.30. The molecule has 0 aliphatic carbocycles. The van der Waals surface area contributed by atoms with Crippen molar-refractivity contribution in [2.75, 3.05) is 63.9 Å². The average molecular weight is 748 g/mol. The summed E-state index contributed by atoms with van der Waals surface area (Å²) in [7, 11) is 0. The van der Waals surface area contributed by atoms with E-state index in [1.165, 1.54) is 5.56 Å². The predicted molar refractivity (Wildman–Crippen MR) is 215 cm³/mol. The Hall–Kier alpha value is -5.12. The van der Waals surface area contributed by atoms with Crippen LogP contribution in [0, 0.1) is 0 Å². The minimum Gasteiger partial charge on any atom is -0.494 e. The first kappa shape index (κ1) is 38.6. The summed E-state index contributed by atoms with van der Waals surface area (Å²) in [6, 6.07) is 33.0. The van der Waals surface area contributed by atoms with E-state index in [1.807, 2.05) is 108 Å². The van der Waals surface area contributed by atoms with Crippen molar-refractivity contribution in [2.45, 2.75) is 39.4 Å². The van der Waals surface area contributed by atoms with E-state index < -0.39 is 6.04 Å². The molecule has 4 aromatic rings. The summed E-state index contributed by atoms with van der Waals surface area (Å²) in [5.74, 6) is 0.594. The van der Waals surface area contributed by atoms with Gasteiger partial charge in [-0.15, -0.1) is 0 Å². The molecule has 10 heteroatoms. The molecule has 2 aliphatic heterocycles. The van der Waals surface area contributed by atoms with Crippen LogP contribution in [0.15, 0.2) is 109 Å². The molecule has 282 valence electrons. The molecule has 0 saturated carbocycles. The van der Waals surface area contributed by atoms with E-state index in [0.29, 0.717) is 44.2 Å². The number of hydrogen-bond acceptors (Lipinski definition) is 6. The molecule has 2 fully saturated rings. The molecule has 0 N–H and O–H groups in total. The van der Waals surface area contributed by atoms with Crippen molar-refractivity contribution in [3.63, 3.8) is 0 Å². The summed E-state index contributed by atoms with van der Waals surface area (Å²) in [4.78, 5) is 51.1. The molecule has 6 rings (SSSR count). The lowest BCUT2D eigenvalue weighted by Crippen LogP contribution is -2.56. The van der Waals surface area contributed by atoms with Gasteiger partial charge in [-0.25, -0.2) is 0 Å². The third kappa shape index (κ3) is 10.5. The topological polar surface area (TPSA) is 76.6 Å². The van der Waals surface area contributed by atoms with Gasteiger partial charge in [-0.3, -0.25) is 19.3 Å². The van der Waals surface area contributed by atoms with Crippen LogP contribution in [-0.4, -0.2) is 102 Å². The summed E-state index contributed by atoms with van der Waals surface area (Å²) >= 11 is 6.11. The minimum atomic E-state index is -0.716. The molecule has 0 bridgehead atoms. The van der Waals surface area contributed by atoms with Crippen LogP contribution in [-0.2, 0) is 33.9 Å². The van der Waals surface area contributed by atoms with E-state index in [2.05, 4.69) is 21.9 Å². The molecule has 4 aromatic carbocycles. The largest absolute Gasteiger partial charge is 0.494 e. The normalized spacial score (nSPS) is 15.6. The fourth-order valence-electron chi connectivity index (χ4n) is 7.09. The number of ether oxygens (including phenoxy) is 1. The number of nitrogens with zero attached hydrogens (tertiary/aromatic N) is 5. The van der Waals surface area contributed by atoms with E-state index in [-0.39, 0.29) is 24.3 Å². The molecule has 0 aromatic heterocycles. The lowest BCUT2D eigenvalue weighted by atomic mass is 10.0. The highest BCUT2D eigenvalue weighted by Crippen LogP contribution is 2.23. The zero-order chi connectivity index (χ0) is 37.9. The van der Waals surface area contributed by atoms with E-state index in [4.69, 9.17) is 16.3 Å². The second-order valence-electron chi connectivity index (χ2n) is 13.9. The third-order valence-corrected chi connectivity index (χ3v) is 10.5. The molecular weight excluding hydrogens is 698 g/mol. The summed E-state index contributed by atoms with van der Waals surface area (Å²) < 4.78 is 5.60. The smallest absolute Gasteiger partial charge is 0.247 e. The van der Waals surface area contributed by atoms with Crippen LogP contribution in [0.3, 0.4) is 0 Å². The zero-order valence-corrected chi connectivity index (χ0v) is 32.0. The van der Waals surface area contributed by atoms with E-state index in [9.17, 15) is 14.4 Å². The number of carbonyl (C=O) groups excluding carboxylic acids is 3. The lowest BCUT2D eigenvalue weighted by molar-refractivity contribution is -0.145. The Bertz CT molecular complexity index is 1850. The van der Waals surface area contributed by atoms with Crippen molar-refractivity contribution < 1.29 is 19.1 Å². The van der Waals surface area contributed by atoms with Crippen LogP contribution in [0.1, 0.15) is 36.1 Å². The fraction of sp³-hybridized carbons (Fsp3) is 0.341. The Labute approximate surface area is 324 Å². The zero-order valence-electron chi connectivity index (χ0n) is 31.3. The van der Waals surface area contributed by atoms with Crippen molar-refractivity contribution in [1.29, 1.82) is 0 Å². The van der Waals surface area contributed by atoms with Crippen LogP contribution < -0.4 is 9.64 Å². The van der Waals surface area contributed by atoms with Gasteiger partial charge in [0, 0.05) is 95.6 Å². The number of carbonyl (C=O) groups is 3. The van der Waals surface area contributed by atoms with Gasteiger partial charge in [0.25, 0.3) is 0 Å². The Morgan fingerprint density at radius 3 is 2.00 bits per heavy atom. The van der Waals surface area contributed by atoms with Gasteiger partial charge in [0.05, 0.1) is 6.61 Å². The Morgan fingerprint density at radius 2 is 1.37 bits per heavy atom. The number of hydrogen-bond donors (Lipinski definition) is 0. The molecule has 2 aliphatic rings. The standard InChI is InChI=1S/C44H50ClN5O4/c1-3-54-41-20-13-35(14-21-41)15-22-43(52)50(33-38-11-18-40(19-12-38)48-29-27-47(28-30-48)34(2)51)42(31-36-7-5-4-6-8-36)44(53)49-25-23-46(24-26-49)32-37-9-16-39(45)17-10-37/h4-22,42H,3,23-33H2,1-2H3. The number of piperazine rings is 2. The van der Waals surface area contributed by atoms with Crippen LogP contribution >= 0.6 is 11.6 Å². The van der Waals surface area contributed by atoms with Gasteiger partial charge < -0.3 is 24.3 Å². The molecule has 2 heterocycles. The average Bonchev–Trinajstić information content (AvgIpc) is 3.20. The summed E-state index contributed by atoms with van der Waals surface area (Å²) in [6.45, 7) is 10.7. The summed E-state index contributed by atoms with van der Waals surface area (Å²) in [6.07, 6.45) is 3.77. The van der Waals surface area contributed by atoms with Crippen molar-refractivity contribution in [1.82, 2.24) is 19.6 Å². The SMILES string of the molecule is CCOc1ccc(C=CC(=O)N(Cc2ccc(N3CCN(C(C)=O)CC3)cc2)C(Cc2ccccc2)C(=O)N2CCN(Cc3ccc(Cl)cc3)CC2)cc1. The van der Waals surface area contributed by atoms with E-state index in [0.717, 1.165) is 60.9 Å². The van der Waals surface area contributed by atoms with Crippen LogP contribution in [0.25, 0.3) is 6.08 Å². The van der Waals surface area contributed by atoms with Crippen molar-refractivity contribution >= 4 is 41.1 Å². The summed E-state index contributed by atoms with van der Waals surface area (Å²) in [5.41, 5.74) is 5.04. The lowest BCUT2D eigenvalue weighted by Gasteiger charge is -2.39. The Kier molecular flexibility index (Phi) is 13.4. The second-order valence-corrected chi connectivity index (χ2v) is 14.3. The van der Waals surface area contributed by atoms with Gasteiger partial charge >= 0.3 is 0 Å². The van der Waals surface area contributed by atoms with Gasteiger partial charge in [-0.05, 0) is 71.7 Å². The van der Waals surface area contributed by atoms with Gasteiger partial charge in [0.1, 0.15) is 11.8 Å². The van der Waals surface area contributed by atoms with E-state index in [1.54, 1.807) is 24.0 Å². The molecule has 0 radical (unpaired) electrons. The van der Waals surface area contributed by atoms with Gasteiger partial charge in [0.2, 0.25) is 17.7 Å². The van der Waals surface area contributed by atoms with Crippen molar-refractivity contribution in [2.24, 2.45) is 0 Å². The maximum Gasteiger partial charge on any atom is 0.247 e. The third-order valence-electron chi connectivity index (χ3n) is 10.2. The molecule has 1 unspecified atom stereocenters. The maximum absolute atomic E-state index is 14.7. The first-order valence-corrected chi connectivity index (χ1v) is 19.2. The number of anilines is 1. The second kappa shape index (κ2) is 18.8. The highest BCUT2D eigenvalue weighted by Gasteiger charge is 2.34. The van der Waals surface area contributed by atoms with Crippen LogP contribution in [0.2, 0.25) is 5.02 Å². The van der Waals surface area contributed by atoms with Gasteiger partial charge in [-0.2, -0.15) is 0 Å². The van der Waals surface area contributed by atoms with Crippen molar-refractivity contribution in [3.05, 3.63) is 136 Å². The fourth-order valence-corrected chi connectivity index (χ4v) is 7.21. The number of benzene rings is 4. The molecule has 2 saturated heterocycles. The molecule has 0 spiro atoms.